The van der Waals surface area contributed by atoms with Gasteiger partial charge in [-0.1, -0.05) is 23.2 Å². The summed E-state index contributed by atoms with van der Waals surface area (Å²) in [5.74, 6) is 0. The van der Waals surface area contributed by atoms with E-state index in [1.54, 1.807) is 0 Å². The fourth-order valence-corrected chi connectivity index (χ4v) is 1.42. The van der Waals surface area contributed by atoms with Crippen molar-refractivity contribution in [2.45, 2.75) is 25.3 Å². The first kappa shape index (κ1) is 12.5. The van der Waals surface area contributed by atoms with Crippen LogP contribution in [0.1, 0.15) is 12.5 Å². The minimum absolute atomic E-state index is 0.0484. The van der Waals surface area contributed by atoms with Gasteiger partial charge in [0, 0.05) is 12.0 Å². The second-order valence-corrected chi connectivity index (χ2v) is 4.13. The number of rotatable bonds is 3. The third-order valence-electron chi connectivity index (χ3n) is 1.90. The quantitative estimate of drug-likeness (QED) is 0.844. The summed E-state index contributed by atoms with van der Waals surface area (Å²) in [5.41, 5.74) is 3.95. The molecule has 0 bridgehead atoms. The first-order valence-electron chi connectivity index (χ1n) is 4.06. The lowest BCUT2D eigenvalue weighted by Gasteiger charge is -2.23. The lowest BCUT2D eigenvalue weighted by atomic mass is 9.96. The van der Waals surface area contributed by atoms with Crippen molar-refractivity contribution in [1.82, 2.24) is 9.97 Å². The molecule has 7 heteroatoms. The summed E-state index contributed by atoms with van der Waals surface area (Å²) in [5, 5.41) is 0.0969. The summed E-state index contributed by atoms with van der Waals surface area (Å²) in [6.45, 7) is 1.22. The maximum Gasteiger partial charge on any atom is 0.256 e. The van der Waals surface area contributed by atoms with Crippen LogP contribution in [0.5, 0.6) is 0 Å². The van der Waals surface area contributed by atoms with Crippen molar-refractivity contribution in [3.63, 3.8) is 0 Å². The lowest BCUT2D eigenvalue weighted by Crippen LogP contribution is -2.46. The van der Waals surface area contributed by atoms with Crippen molar-refractivity contribution in [2.75, 3.05) is 0 Å². The molecule has 0 saturated heterocycles. The molecule has 0 aliphatic rings. The van der Waals surface area contributed by atoms with Crippen LogP contribution in [0.25, 0.3) is 0 Å². The number of hydrogen-bond acceptors (Lipinski definition) is 3. The minimum atomic E-state index is -2.68. The van der Waals surface area contributed by atoms with Gasteiger partial charge in [-0.3, -0.25) is 0 Å². The Labute approximate surface area is 95.6 Å². The molecule has 0 amide bonds. The molecule has 0 radical (unpaired) electrons. The molecule has 0 fully saturated rings. The van der Waals surface area contributed by atoms with Gasteiger partial charge in [0.2, 0.25) is 0 Å². The molecule has 2 N–H and O–H groups in total. The van der Waals surface area contributed by atoms with Gasteiger partial charge in [-0.05, 0) is 6.92 Å². The monoisotopic (exact) mass is 255 g/mol. The van der Waals surface area contributed by atoms with Crippen molar-refractivity contribution in [3.8, 4) is 0 Å². The SMILES string of the molecule is CC(N)(Cc1c(Cl)ncnc1Cl)C(F)F. The van der Waals surface area contributed by atoms with Gasteiger partial charge in [0.25, 0.3) is 6.43 Å². The van der Waals surface area contributed by atoms with Gasteiger partial charge < -0.3 is 5.73 Å². The molecule has 3 nitrogen and oxygen atoms in total. The van der Waals surface area contributed by atoms with Crippen molar-refractivity contribution in [1.29, 1.82) is 0 Å². The standard InChI is InChI=1S/C8H9Cl2F2N3/c1-8(13,7(11)12)2-4-5(9)14-3-15-6(4)10/h3,7H,2,13H2,1H3. The van der Waals surface area contributed by atoms with Crippen LogP contribution in [0, 0.1) is 0 Å². The zero-order valence-electron chi connectivity index (χ0n) is 7.85. The number of nitrogens with two attached hydrogens (primary N) is 1. The zero-order valence-corrected chi connectivity index (χ0v) is 9.36. The van der Waals surface area contributed by atoms with Crippen LogP contribution in [0.15, 0.2) is 6.33 Å². The highest BCUT2D eigenvalue weighted by Crippen LogP contribution is 2.26. The molecule has 0 saturated carbocycles. The third-order valence-corrected chi connectivity index (χ3v) is 2.55. The van der Waals surface area contributed by atoms with Gasteiger partial charge in [0.1, 0.15) is 16.6 Å². The Morgan fingerprint density at radius 3 is 2.27 bits per heavy atom. The zero-order chi connectivity index (χ0) is 11.6. The molecule has 0 spiro atoms. The van der Waals surface area contributed by atoms with E-state index in [9.17, 15) is 8.78 Å². The van der Waals surface area contributed by atoms with E-state index in [2.05, 4.69) is 9.97 Å². The molecule has 0 aliphatic heterocycles. The van der Waals surface area contributed by atoms with Crippen molar-refractivity contribution >= 4 is 23.2 Å². The van der Waals surface area contributed by atoms with Gasteiger partial charge in [0.15, 0.2) is 0 Å². The van der Waals surface area contributed by atoms with Gasteiger partial charge in [-0.25, -0.2) is 18.7 Å². The van der Waals surface area contributed by atoms with Crippen LogP contribution < -0.4 is 5.73 Å². The fraction of sp³-hybridized carbons (Fsp3) is 0.500. The first-order valence-corrected chi connectivity index (χ1v) is 4.82. The van der Waals surface area contributed by atoms with E-state index in [0.29, 0.717) is 0 Å². The van der Waals surface area contributed by atoms with Crippen LogP contribution in [-0.4, -0.2) is 21.9 Å². The number of nitrogens with zero attached hydrogens (tertiary/aromatic N) is 2. The molecular weight excluding hydrogens is 247 g/mol. The topological polar surface area (TPSA) is 51.8 Å². The summed E-state index contributed by atoms with van der Waals surface area (Å²) in [6, 6.07) is 0. The molecular formula is C8H9Cl2F2N3. The molecule has 1 aromatic heterocycles. The molecule has 0 aromatic carbocycles. The largest absolute Gasteiger partial charge is 0.320 e. The van der Waals surface area contributed by atoms with Crippen LogP contribution >= 0.6 is 23.2 Å². The predicted molar refractivity (Wildman–Crippen MR) is 54.4 cm³/mol. The molecule has 1 atom stereocenters. The summed E-state index contributed by atoms with van der Waals surface area (Å²) in [4.78, 5) is 7.31. The van der Waals surface area contributed by atoms with Crippen LogP contribution in [0.2, 0.25) is 10.3 Å². The minimum Gasteiger partial charge on any atom is -0.320 e. The van der Waals surface area contributed by atoms with Crippen molar-refractivity contribution in [3.05, 3.63) is 22.2 Å². The Bertz CT molecular complexity index is 337. The first-order chi connectivity index (χ1) is 6.84. The average molecular weight is 256 g/mol. The van der Waals surface area contributed by atoms with Crippen LogP contribution in [0.3, 0.4) is 0 Å². The maximum atomic E-state index is 12.5. The molecule has 15 heavy (non-hydrogen) atoms. The van der Waals surface area contributed by atoms with Crippen molar-refractivity contribution < 1.29 is 8.78 Å². The second kappa shape index (κ2) is 4.55. The molecule has 84 valence electrons. The molecule has 1 heterocycles. The van der Waals surface area contributed by atoms with E-state index < -0.39 is 12.0 Å². The Kier molecular flexibility index (Phi) is 3.81. The van der Waals surface area contributed by atoms with Crippen LogP contribution in [-0.2, 0) is 6.42 Å². The lowest BCUT2D eigenvalue weighted by molar-refractivity contribution is 0.0639. The number of halogens is 4. The highest BCUT2D eigenvalue weighted by molar-refractivity contribution is 6.34. The second-order valence-electron chi connectivity index (χ2n) is 3.42. The molecule has 0 aliphatic carbocycles. The average Bonchev–Trinajstić information content (AvgIpc) is 2.11. The Morgan fingerprint density at radius 1 is 1.40 bits per heavy atom. The van der Waals surface area contributed by atoms with E-state index in [1.165, 1.54) is 6.92 Å². The highest BCUT2D eigenvalue weighted by atomic mass is 35.5. The summed E-state index contributed by atoms with van der Waals surface area (Å²) in [6.07, 6.45) is -1.70. The predicted octanol–water partition coefficient (Wildman–Crippen LogP) is 2.31. The normalized spacial score (nSPS) is 15.4. The number of alkyl halides is 2. The Morgan fingerprint density at radius 2 is 1.87 bits per heavy atom. The fourth-order valence-electron chi connectivity index (χ4n) is 0.975. The van der Waals surface area contributed by atoms with E-state index in [1.807, 2.05) is 0 Å². The van der Waals surface area contributed by atoms with Gasteiger partial charge in [-0.15, -0.1) is 0 Å². The van der Waals surface area contributed by atoms with E-state index in [4.69, 9.17) is 28.9 Å². The molecule has 1 aromatic rings. The molecule has 1 unspecified atom stereocenters. The van der Waals surface area contributed by atoms with E-state index in [0.717, 1.165) is 6.33 Å². The van der Waals surface area contributed by atoms with E-state index in [-0.39, 0.29) is 22.3 Å². The third kappa shape index (κ3) is 2.96. The highest BCUT2D eigenvalue weighted by Gasteiger charge is 2.32. The Hall–Kier alpha value is -0.520. The Balaban J connectivity index is 2.99. The number of hydrogen-bond donors (Lipinski definition) is 1. The maximum absolute atomic E-state index is 12.5. The smallest absolute Gasteiger partial charge is 0.256 e. The van der Waals surface area contributed by atoms with Gasteiger partial charge >= 0.3 is 0 Å². The molecule has 1 rings (SSSR count). The van der Waals surface area contributed by atoms with E-state index >= 15 is 0 Å². The summed E-state index contributed by atoms with van der Waals surface area (Å²) in [7, 11) is 0. The van der Waals surface area contributed by atoms with Gasteiger partial charge in [-0.2, -0.15) is 0 Å². The number of aromatic nitrogens is 2. The van der Waals surface area contributed by atoms with Gasteiger partial charge in [0.05, 0.1) is 5.54 Å². The summed E-state index contributed by atoms with van der Waals surface area (Å²) < 4.78 is 25.0. The summed E-state index contributed by atoms with van der Waals surface area (Å²) >= 11 is 11.4. The van der Waals surface area contributed by atoms with Crippen LogP contribution in [0.4, 0.5) is 8.78 Å². The van der Waals surface area contributed by atoms with Crippen molar-refractivity contribution in [2.24, 2.45) is 5.73 Å².